The smallest absolute Gasteiger partial charge is 0.252 e. The number of carbonyl (C=O) groups excluding carboxylic acids is 1. The van der Waals surface area contributed by atoms with Crippen molar-refractivity contribution in [3.8, 4) is 11.5 Å². The van der Waals surface area contributed by atoms with Crippen molar-refractivity contribution < 1.29 is 9.18 Å². The summed E-state index contributed by atoms with van der Waals surface area (Å²) >= 11 is 0. The Kier molecular flexibility index (Phi) is 5.61. The molecule has 0 aliphatic carbocycles. The second-order valence-corrected chi connectivity index (χ2v) is 8.58. The molecule has 1 aliphatic heterocycles. The highest BCUT2D eigenvalue weighted by atomic mass is 19.1. The summed E-state index contributed by atoms with van der Waals surface area (Å²) in [7, 11) is 2.04. The van der Waals surface area contributed by atoms with E-state index in [1.807, 2.05) is 30.6 Å². The molecule has 0 spiro atoms. The van der Waals surface area contributed by atoms with Gasteiger partial charge in [-0.15, -0.1) is 0 Å². The van der Waals surface area contributed by atoms with Crippen LogP contribution in [0.5, 0.6) is 0 Å². The summed E-state index contributed by atoms with van der Waals surface area (Å²) < 4.78 is 15.5. The third-order valence-electron chi connectivity index (χ3n) is 6.15. The normalized spacial score (nSPS) is 13.6. The number of amides is 1. The number of rotatable bonds is 5. The highest BCUT2D eigenvalue weighted by molar-refractivity contribution is 5.99. The number of aryl methyl sites for hydroxylation is 2. The van der Waals surface area contributed by atoms with Crippen LogP contribution in [-0.4, -0.2) is 38.9 Å². The van der Waals surface area contributed by atoms with Crippen LogP contribution < -0.4 is 16.0 Å². The molecular weight excluding hydrogens is 433 g/mol. The number of aromatic nitrogens is 4. The van der Waals surface area contributed by atoms with E-state index in [0.29, 0.717) is 40.8 Å². The molecule has 1 aliphatic rings. The van der Waals surface area contributed by atoms with Crippen LogP contribution >= 0.6 is 0 Å². The molecule has 0 saturated heterocycles. The first kappa shape index (κ1) is 21.8. The Bertz CT molecular complexity index is 1400. The van der Waals surface area contributed by atoms with Crippen molar-refractivity contribution in [1.82, 2.24) is 19.4 Å². The van der Waals surface area contributed by atoms with E-state index in [1.54, 1.807) is 18.2 Å². The lowest BCUT2D eigenvalue weighted by Crippen LogP contribution is -2.21. The Morgan fingerprint density at radius 1 is 1.18 bits per heavy atom. The molecular formula is C25H26FN7O. The van der Waals surface area contributed by atoms with E-state index in [4.69, 9.17) is 15.7 Å². The molecule has 0 radical (unpaired) electrons. The zero-order valence-corrected chi connectivity index (χ0v) is 19.2. The standard InChI is InChI=1S/C25H26FN7O/c1-15-20(33-12-6-9-18(22(27)34)25(33)29-15)24-30-19-10-3-4-11-32(2)21(19)23(31-24)28-14-16-7-5-8-17(26)13-16/h5-9,12-13H,3-4,10-11,14H2,1-2H3,(H2,27,34)(H,28,30,31). The molecule has 0 bridgehead atoms. The van der Waals surface area contributed by atoms with Gasteiger partial charge in [-0.05, 0) is 56.0 Å². The maximum Gasteiger partial charge on any atom is 0.252 e. The highest BCUT2D eigenvalue weighted by Crippen LogP contribution is 2.34. The molecule has 0 fully saturated rings. The van der Waals surface area contributed by atoms with Crippen molar-refractivity contribution in [1.29, 1.82) is 0 Å². The molecule has 3 N–H and O–H groups in total. The topological polar surface area (TPSA) is 101 Å². The number of imidazole rings is 1. The molecule has 4 aromatic rings. The van der Waals surface area contributed by atoms with Gasteiger partial charge in [-0.2, -0.15) is 0 Å². The van der Waals surface area contributed by atoms with E-state index in [1.165, 1.54) is 12.1 Å². The van der Waals surface area contributed by atoms with Crippen molar-refractivity contribution in [3.63, 3.8) is 0 Å². The molecule has 1 aromatic carbocycles. The van der Waals surface area contributed by atoms with Crippen molar-refractivity contribution in [3.05, 3.63) is 70.9 Å². The number of carbonyl (C=O) groups is 1. The van der Waals surface area contributed by atoms with Gasteiger partial charge in [-0.1, -0.05) is 12.1 Å². The van der Waals surface area contributed by atoms with Crippen molar-refractivity contribution >= 4 is 23.1 Å². The van der Waals surface area contributed by atoms with E-state index in [0.717, 1.165) is 42.8 Å². The second kappa shape index (κ2) is 8.74. The minimum Gasteiger partial charge on any atom is -0.370 e. The van der Waals surface area contributed by atoms with E-state index < -0.39 is 5.91 Å². The lowest BCUT2D eigenvalue weighted by molar-refractivity contribution is 0.100. The summed E-state index contributed by atoms with van der Waals surface area (Å²) in [5.74, 6) is 0.394. The maximum absolute atomic E-state index is 13.7. The van der Waals surface area contributed by atoms with Crippen LogP contribution in [0.2, 0.25) is 0 Å². The number of halogens is 1. The van der Waals surface area contributed by atoms with Gasteiger partial charge in [0.05, 0.1) is 17.0 Å². The van der Waals surface area contributed by atoms with Gasteiger partial charge in [0, 0.05) is 26.3 Å². The van der Waals surface area contributed by atoms with E-state index >= 15 is 0 Å². The lowest BCUT2D eigenvalue weighted by Gasteiger charge is -2.23. The number of hydrogen-bond acceptors (Lipinski definition) is 6. The fourth-order valence-corrected chi connectivity index (χ4v) is 4.53. The molecule has 1 amide bonds. The molecule has 9 heteroatoms. The number of nitrogens with two attached hydrogens (primary N) is 1. The molecule has 3 aromatic heterocycles. The zero-order chi connectivity index (χ0) is 23.8. The van der Waals surface area contributed by atoms with Crippen LogP contribution in [-0.2, 0) is 13.0 Å². The van der Waals surface area contributed by atoms with Gasteiger partial charge in [0.15, 0.2) is 11.6 Å². The Morgan fingerprint density at radius 2 is 2.03 bits per heavy atom. The Morgan fingerprint density at radius 3 is 2.82 bits per heavy atom. The Labute approximate surface area is 196 Å². The van der Waals surface area contributed by atoms with E-state index in [9.17, 15) is 9.18 Å². The van der Waals surface area contributed by atoms with Crippen molar-refractivity contribution in [2.24, 2.45) is 5.73 Å². The van der Waals surface area contributed by atoms with Gasteiger partial charge in [0.1, 0.15) is 22.8 Å². The summed E-state index contributed by atoms with van der Waals surface area (Å²) in [5.41, 5.74) is 10.5. The van der Waals surface area contributed by atoms with E-state index in [2.05, 4.69) is 15.2 Å². The number of nitrogens with one attached hydrogen (secondary N) is 1. The second-order valence-electron chi connectivity index (χ2n) is 8.58. The first-order chi connectivity index (χ1) is 16.4. The Balaban J connectivity index is 1.65. The van der Waals surface area contributed by atoms with E-state index in [-0.39, 0.29) is 5.82 Å². The van der Waals surface area contributed by atoms with Gasteiger partial charge in [0.25, 0.3) is 5.91 Å². The van der Waals surface area contributed by atoms with Gasteiger partial charge < -0.3 is 16.0 Å². The number of primary amides is 1. The fourth-order valence-electron chi connectivity index (χ4n) is 4.53. The summed E-state index contributed by atoms with van der Waals surface area (Å²) in [5, 5.41) is 3.41. The third kappa shape index (κ3) is 3.93. The van der Waals surface area contributed by atoms with Gasteiger partial charge >= 0.3 is 0 Å². The molecule has 0 atom stereocenters. The summed E-state index contributed by atoms with van der Waals surface area (Å²) in [6, 6.07) is 9.94. The minimum atomic E-state index is -0.538. The maximum atomic E-state index is 13.7. The van der Waals surface area contributed by atoms with Crippen LogP contribution in [0.1, 0.15) is 40.2 Å². The first-order valence-corrected chi connectivity index (χ1v) is 11.3. The van der Waals surface area contributed by atoms with Crippen LogP contribution in [0.15, 0.2) is 42.6 Å². The zero-order valence-electron chi connectivity index (χ0n) is 19.2. The average Bonchev–Trinajstić information content (AvgIpc) is 3.03. The minimum absolute atomic E-state index is 0.273. The molecule has 174 valence electrons. The molecule has 34 heavy (non-hydrogen) atoms. The van der Waals surface area contributed by atoms with Gasteiger partial charge in [-0.3, -0.25) is 9.20 Å². The number of anilines is 2. The van der Waals surface area contributed by atoms with Gasteiger partial charge in [0.2, 0.25) is 0 Å². The summed E-state index contributed by atoms with van der Waals surface area (Å²) in [6.45, 7) is 3.20. The highest BCUT2D eigenvalue weighted by Gasteiger charge is 2.24. The molecule has 8 nitrogen and oxygen atoms in total. The molecule has 5 rings (SSSR count). The molecule has 0 unspecified atom stereocenters. The monoisotopic (exact) mass is 459 g/mol. The van der Waals surface area contributed by atoms with Crippen LogP contribution in [0.25, 0.3) is 17.2 Å². The van der Waals surface area contributed by atoms with Crippen LogP contribution in [0.3, 0.4) is 0 Å². The molecule has 4 heterocycles. The Hall–Kier alpha value is -4.01. The number of hydrogen-bond donors (Lipinski definition) is 2. The number of nitrogens with zero attached hydrogens (tertiary/aromatic N) is 5. The van der Waals surface area contributed by atoms with Crippen molar-refractivity contribution in [2.75, 3.05) is 23.8 Å². The summed E-state index contributed by atoms with van der Waals surface area (Å²) in [6.07, 6.45) is 4.74. The van der Waals surface area contributed by atoms with Crippen LogP contribution in [0, 0.1) is 12.7 Å². The van der Waals surface area contributed by atoms with Gasteiger partial charge in [-0.25, -0.2) is 19.3 Å². The molecule has 0 saturated carbocycles. The lowest BCUT2D eigenvalue weighted by atomic mass is 10.1. The first-order valence-electron chi connectivity index (χ1n) is 11.3. The number of pyridine rings is 1. The quantitative estimate of drug-likeness (QED) is 0.472. The summed E-state index contributed by atoms with van der Waals surface area (Å²) in [4.78, 5) is 28.6. The number of fused-ring (bicyclic) bond motifs is 2. The average molecular weight is 460 g/mol. The van der Waals surface area contributed by atoms with Crippen molar-refractivity contribution in [2.45, 2.75) is 32.7 Å². The predicted molar refractivity (Wildman–Crippen MR) is 129 cm³/mol. The largest absolute Gasteiger partial charge is 0.370 e. The third-order valence-corrected chi connectivity index (χ3v) is 6.15. The SMILES string of the molecule is Cc1nc2c(C(N)=O)cccn2c1-c1nc2c(c(NCc3cccc(F)c3)n1)N(C)CCCC2. The predicted octanol–water partition coefficient (Wildman–Crippen LogP) is 3.72. The fraction of sp³-hybridized carbons (Fsp3) is 0.280. The number of benzene rings is 1. The van der Waals surface area contributed by atoms with Crippen LogP contribution in [0.4, 0.5) is 15.9 Å².